The molecule has 4 nitrogen and oxygen atoms in total. The first-order chi connectivity index (χ1) is 11.8. The minimum Gasteiger partial charge on any atom is -0.595 e. The van der Waals surface area contributed by atoms with Crippen molar-refractivity contribution in [2.75, 3.05) is 0 Å². The molecule has 1 heterocycles. The van der Waals surface area contributed by atoms with E-state index in [0.29, 0.717) is 11.6 Å². The third kappa shape index (κ3) is 4.30. The van der Waals surface area contributed by atoms with Gasteiger partial charge in [-0.25, -0.2) is 5.21 Å². The Morgan fingerprint density at radius 2 is 1.92 bits per heavy atom. The molecule has 2 N–H and O–H groups in total. The smallest absolute Gasteiger partial charge is 0.164 e. The lowest BCUT2D eigenvalue weighted by Gasteiger charge is -2.39. The Hall–Kier alpha value is -0.410. The van der Waals surface area contributed by atoms with Crippen LogP contribution in [0, 0.1) is 5.21 Å². The predicted molar refractivity (Wildman–Crippen MR) is 111 cm³/mol. The summed E-state index contributed by atoms with van der Waals surface area (Å²) in [4.78, 5) is 2.10. The molecule has 2 aromatic carbocycles. The highest BCUT2D eigenvalue weighted by Gasteiger charge is 2.38. The molecule has 0 fully saturated rings. The molecule has 132 valence electrons. The van der Waals surface area contributed by atoms with E-state index in [1.54, 1.807) is 12.1 Å². The van der Waals surface area contributed by atoms with E-state index in [-0.39, 0.29) is 11.7 Å². The summed E-state index contributed by atoms with van der Waals surface area (Å²) in [6.45, 7) is 0.472. The normalized spacial score (nSPS) is 18.2. The van der Waals surface area contributed by atoms with Gasteiger partial charge in [-0.2, -0.15) is 5.23 Å². The lowest BCUT2D eigenvalue weighted by atomic mass is 9.97. The highest BCUT2D eigenvalue weighted by atomic mass is 80.0. The number of hydrogen-bond acceptors (Lipinski definition) is 3. The molecule has 2 aromatic rings. The van der Waals surface area contributed by atoms with Gasteiger partial charge in [-0.1, -0.05) is 83.7 Å². The number of benzene rings is 2. The molecule has 8 heteroatoms. The Labute approximate surface area is 176 Å². The lowest BCUT2D eigenvalue weighted by Crippen LogP contribution is -2.99. The third-order valence-electron chi connectivity index (χ3n) is 4.02. The van der Waals surface area contributed by atoms with Gasteiger partial charge in [0.05, 0.1) is 6.04 Å². The van der Waals surface area contributed by atoms with E-state index < -0.39 is 7.37 Å². The van der Waals surface area contributed by atoms with Crippen LogP contribution in [0.5, 0.6) is 0 Å². The summed E-state index contributed by atoms with van der Waals surface area (Å²) in [6.07, 6.45) is 4.04. The van der Waals surface area contributed by atoms with Crippen LogP contribution in [-0.4, -0.2) is 12.2 Å². The van der Waals surface area contributed by atoms with Crippen LogP contribution in [-0.2, 0) is 6.54 Å². The minimum atomic E-state index is -0.968. The highest BCUT2D eigenvalue weighted by Crippen LogP contribution is 2.51. The highest BCUT2D eigenvalue weighted by molar-refractivity contribution is 9.39. The number of quaternary nitrogens is 1. The topological polar surface area (TPSA) is 51.0 Å². The molecule has 3 rings (SSSR count). The molecule has 0 aliphatic carbocycles. The van der Waals surface area contributed by atoms with Gasteiger partial charge in [0.25, 0.3) is 0 Å². The Kier molecular flexibility index (Phi) is 5.95. The van der Waals surface area contributed by atoms with Gasteiger partial charge in [-0.3, -0.25) is 0 Å². The van der Waals surface area contributed by atoms with Crippen LogP contribution in [0.1, 0.15) is 22.7 Å². The van der Waals surface area contributed by atoms with Crippen molar-refractivity contribution in [1.82, 2.24) is 4.90 Å². The second-order valence-corrected chi connectivity index (χ2v) is 13.0. The van der Waals surface area contributed by atoms with Crippen LogP contribution in [0.3, 0.4) is 0 Å². The fourth-order valence-corrected chi connectivity index (χ4v) is 4.59. The van der Waals surface area contributed by atoms with Gasteiger partial charge in [0.1, 0.15) is 0 Å². The average molecular weight is 553 g/mol. The number of alkyl halides is 3. The molecule has 0 bridgehead atoms. The summed E-state index contributed by atoms with van der Waals surface area (Å²) in [5.74, 6) is 0. The zero-order chi connectivity index (χ0) is 18.2. The van der Waals surface area contributed by atoms with Crippen LogP contribution in [0.4, 0.5) is 5.69 Å². The standard InChI is InChI=1S/C17H14Br3ClN2O2/c18-17(19,20)16-14-4-2-1-3-11(14)7-8-22(16)10-12-9-13(23(24)25)5-6-15(12)21/h1-9,16,23-24H,10H2/t16-/m1/s1. The van der Waals surface area contributed by atoms with Crippen LogP contribution in [0.15, 0.2) is 48.7 Å². The second-order valence-electron chi connectivity index (χ2n) is 5.67. The second kappa shape index (κ2) is 7.68. The van der Waals surface area contributed by atoms with E-state index in [0.717, 1.165) is 16.7 Å². The van der Waals surface area contributed by atoms with Crippen LogP contribution in [0.25, 0.3) is 6.08 Å². The molecule has 0 saturated heterocycles. The van der Waals surface area contributed by atoms with Crippen molar-refractivity contribution >= 4 is 71.2 Å². The maximum Gasteiger partial charge on any atom is 0.164 e. The minimum absolute atomic E-state index is 0.0711. The van der Waals surface area contributed by atoms with Gasteiger partial charge in [0.2, 0.25) is 0 Å². The van der Waals surface area contributed by atoms with Crippen molar-refractivity contribution in [2.45, 2.75) is 14.7 Å². The first kappa shape index (κ1) is 19.4. The maximum atomic E-state index is 11.3. The Morgan fingerprint density at radius 1 is 1.20 bits per heavy atom. The van der Waals surface area contributed by atoms with Crippen molar-refractivity contribution in [1.29, 1.82) is 0 Å². The van der Waals surface area contributed by atoms with Gasteiger partial charge in [-0.15, -0.1) is 0 Å². The summed E-state index contributed by atoms with van der Waals surface area (Å²) in [5, 5.41) is 20.0. The Morgan fingerprint density at radius 3 is 2.60 bits per heavy atom. The monoisotopic (exact) mass is 550 g/mol. The fourth-order valence-electron chi connectivity index (χ4n) is 2.89. The Balaban J connectivity index is 1.99. The van der Waals surface area contributed by atoms with Crippen LogP contribution < -0.4 is 5.23 Å². The van der Waals surface area contributed by atoms with Crippen molar-refractivity contribution in [3.05, 3.63) is 75.6 Å². The van der Waals surface area contributed by atoms with E-state index >= 15 is 0 Å². The van der Waals surface area contributed by atoms with Crippen molar-refractivity contribution in [2.24, 2.45) is 0 Å². The summed E-state index contributed by atoms with van der Waals surface area (Å²) >= 11 is 17.3. The first-order valence-corrected chi connectivity index (χ1v) is 10.1. The van der Waals surface area contributed by atoms with E-state index in [1.165, 1.54) is 6.07 Å². The number of hydrogen-bond donors (Lipinski definition) is 2. The molecule has 0 aromatic heterocycles. The molecule has 0 saturated carbocycles. The molecule has 1 aliphatic rings. The van der Waals surface area contributed by atoms with Crippen molar-refractivity contribution in [3.63, 3.8) is 0 Å². The van der Waals surface area contributed by atoms with Crippen molar-refractivity contribution < 1.29 is 10.4 Å². The maximum absolute atomic E-state index is 11.3. The largest absolute Gasteiger partial charge is 0.595 e. The van der Waals surface area contributed by atoms with Gasteiger partial charge in [-0.05, 0) is 28.8 Å². The molecule has 0 amide bonds. The van der Waals surface area contributed by atoms with Gasteiger partial charge in [0.15, 0.2) is 7.83 Å². The summed E-state index contributed by atoms with van der Waals surface area (Å²) < 4.78 is -0.551. The van der Waals surface area contributed by atoms with E-state index in [1.807, 2.05) is 24.4 Å². The number of nitrogens with zero attached hydrogens (tertiary/aromatic N) is 1. The lowest BCUT2D eigenvalue weighted by molar-refractivity contribution is -0.991. The predicted octanol–water partition coefficient (Wildman–Crippen LogP) is 5.11. The Bertz CT molecular complexity index is 809. The fraction of sp³-hybridized carbons (Fsp3) is 0.176. The van der Waals surface area contributed by atoms with Gasteiger partial charge in [0, 0.05) is 29.9 Å². The zero-order valence-electron chi connectivity index (χ0n) is 12.8. The third-order valence-corrected chi connectivity index (χ3v) is 5.69. The zero-order valence-corrected chi connectivity index (χ0v) is 18.3. The molecule has 2 atom stereocenters. The van der Waals surface area contributed by atoms with Crippen LogP contribution >= 0.6 is 59.4 Å². The molecular weight excluding hydrogens is 539 g/mol. The number of nitrogens with one attached hydrogen (secondary N) is 1. The molecule has 0 spiro atoms. The van der Waals surface area contributed by atoms with Crippen LogP contribution in [0.2, 0.25) is 5.02 Å². The summed E-state index contributed by atoms with van der Waals surface area (Å²) in [7, 11) is 0. The molecule has 0 radical (unpaired) electrons. The molecule has 25 heavy (non-hydrogen) atoms. The average Bonchev–Trinajstić information content (AvgIpc) is 2.55. The van der Waals surface area contributed by atoms with E-state index in [4.69, 9.17) is 11.6 Å². The van der Waals surface area contributed by atoms with E-state index in [9.17, 15) is 10.4 Å². The molecule has 1 unspecified atom stereocenters. The quantitative estimate of drug-likeness (QED) is 0.411. The summed E-state index contributed by atoms with van der Waals surface area (Å²) in [6, 6.07) is 12.8. The molecule has 1 aliphatic heterocycles. The first-order valence-electron chi connectivity index (χ1n) is 7.38. The van der Waals surface area contributed by atoms with Gasteiger partial charge < -0.3 is 10.1 Å². The summed E-state index contributed by atoms with van der Waals surface area (Å²) in [5.41, 5.74) is 3.26. The number of halogens is 4. The van der Waals surface area contributed by atoms with Crippen molar-refractivity contribution in [3.8, 4) is 0 Å². The number of fused-ring (bicyclic) bond motifs is 1. The van der Waals surface area contributed by atoms with E-state index in [2.05, 4.69) is 64.8 Å². The SMILES string of the molecule is [O-][NH+](O)c1ccc(Cl)c(CN2C=Cc3ccccc3[C@@H]2C(Br)(Br)Br)c1. The number of rotatable bonds is 3. The van der Waals surface area contributed by atoms with Gasteiger partial charge >= 0.3 is 0 Å². The molecular formula is C17H14Br3ClN2O2.